The SMILES string of the molecule is Cc1cc(-c2noc(-c3ccc4c(ccn4C4CCCC4)c3)n2)ccc1C(C)(C)C. The van der Waals surface area contributed by atoms with E-state index in [1.54, 1.807) is 0 Å². The van der Waals surface area contributed by atoms with Gasteiger partial charge in [0.25, 0.3) is 5.89 Å². The van der Waals surface area contributed by atoms with Gasteiger partial charge in [-0.1, -0.05) is 50.9 Å². The molecule has 1 aliphatic rings. The Morgan fingerprint density at radius 1 is 0.967 bits per heavy atom. The zero-order valence-corrected chi connectivity index (χ0v) is 18.3. The van der Waals surface area contributed by atoms with Crippen molar-refractivity contribution in [3.8, 4) is 22.8 Å². The summed E-state index contributed by atoms with van der Waals surface area (Å²) in [7, 11) is 0. The van der Waals surface area contributed by atoms with E-state index in [9.17, 15) is 0 Å². The maximum atomic E-state index is 5.63. The minimum absolute atomic E-state index is 0.120. The number of benzene rings is 2. The molecule has 154 valence electrons. The second-order valence-corrected chi connectivity index (χ2v) is 9.64. The van der Waals surface area contributed by atoms with E-state index < -0.39 is 0 Å². The Morgan fingerprint density at radius 2 is 1.73 bits per heavy atom. The fourth-order valence-electron chi connectivity index (χ4n) is 4.90. The van der Waals surface area contributed by atoms with Gasteiger partial charge in [0.15, 0.2) is 0 Å². The second kappa shape index (κ2) is 7.12. The van der Waals surface area contributed by atoms with Gasteiger partial charge in [0.1, 0.15) is 0 Å². The lowest BCUT2D eigenvalue weighted by atomic mass is 9.83. The molecule has 2 aromatic carbocycles. The fourth-order valence-corrected chi connectivity index (χ4v) is 4.90. The van der Waals surface area contributed by atoms with E-state index >= 15 is 0 Å². The molecule has 0 saturated heterocycles. The lowest BCUT2D eigenvalue weighted by Crippen LogP contribution is -2.12. The summed E-state index contributed by atoms with van der Waals surface area (Å²) in [5, 5.41) is 5.48. The molecule has 0 bridgehead atoms. The summed E-state index contributed by atoms with van der Waals surface area (Å²) >= 11 is 0. The predicted molar refractivity (Wildman–Crippen MR) is 122 cm³/mol. The van der Waals surface area contributed by atoms with Gasteiger partial charge in [0.05, 0.1) is 0 Å². The van der Waals surface area contributed by atoms with Gasteiger partial charge in [-0.05, 0) is 66.6 Å². The molecule has 4 nitrogen and oxygen atoms in total. The first kappa shape index (κ1) is 19.1. The van der Waals surface area contributed by atoms with Gasteiger partial charge in [-0.15, -0.1) is 0 Å². The number of nitrogens with zero attached hydrogens (tertiary/aromatic N) is 3. The summed E-state index contributed by atoms with van der Waals surface area (Å²) in [4.78, 5) is 4.69. The van der Waals surface area contributed by atoms with Crippen LogP contribution in [0.3, 0.4) is 0 Å². The average molecular weight is 400 g/mol. The third-order valence-electron chi connectivity index (χ3n) is 6.40. The van der Waals surface area contributed by atoms with Crippen LogP contribution in [0.1, 0.15) is 63.6 Å². The highest BCUT2D eigenvalue weighted by Gasteiger charge is 2.20. The molecule has 0 unspecified atom stereocenters. The molecule has 1 saturated carbocycles. The van der Waals surface area contributed by atoms with Crippen LogP contribution in [0.25, 0.3) is 33.7 Å². The van der Waals surface area contributed by atoms with Crippen molar-refractivity contribution in [2.45, 2.75) is 64.8 Å². The van der Waals surface area contributed by atoms with Crippen LogP contribution in [0.2, 0.25) is 0 Å². The number of hydrogen-bond acceptors (Lipinski definition) is 3. The Hall–Kier alpha value is -2.88. The van der Waals surface area contributed by atoms with Crippen LogP contribution in [0.4, 0.5) is 0 Å². The summed E-state index contributed by atoms with van der Waals surface area (Å²) in [6.07, 6.45) is 7.47. The van der Waals surface area contributed by atoms with Gasteiger partial charge in [-0.3, -0.25) is 0 Å². The van der Waals surface area contributed by atoms with E-state index in [1.807, 2.05) is 0 Å². The molecule has 0 atom stereocenters. The largest absolute Gasteiger partial charge is 0.344 e. The Balaban J connectivity index is 1.45. The van der Waals surface area contributed by atoms with Gasteiger partial charge < -0.3 is 9.09 Å². The molecular formula is C26H29N3O. The van der Waals surface area contributed by atoms with Crippen molar-refractivity contribution in [3.63, 3.8) is 0 Å². The van der Waals surface area contributed by atoms with Crippen LogP contribution in [-0.4, -0.2) is 14.7 Å². The van der Waals surface area contributed by atoms with Crippen molar-refractivity contribution in [2.75, 3.05) is 0 Å². The molecule has 4 aromatic rings. The summed E-state index contributed by atoms with van der Waals surface area (Å²) in [6.45, 7) is 8.85. The maximum absolute atomic E-state index is 5.63. The fraction of sp³-hybridized carbons (Fsp3) is 0.385. The van der Waals surface area contributed by atoms with Crippen molar-refractivity contribution < 1.29 is 4.52 Å². The van der Waals surface area contributed by atoms with E-state index in [-0.39, 0.29) is 5.41 Å². The van der Waals surface area contributed by atoms with E-state index in [0.717, 1.165) is 11.1 Å². The third-order valence-corrected chi connectivity index (χ3v) is 6.40. The molecule has 2 aromatic heterocycles. The minimum atomic E-state index is 0.120. The smallest absolute Gasteiger partial charge is 0.258 e. The topological polar surface area (TPSA) is 43.9 Å². The molecule has 1 aliphatic carbocycles. The summed E-state index contributed by atoms with van der Waals surface area (Å²) < 4.78 is 8.07. The molecule has 0 spiro atoms. The Morgan fingerprint density at radius 3 is 2.47 bits per heavy atom. The first-order valence-electron chi connectivity index (χ1n) is 11.0. The lowest BCUT2D eigenvalue weighted by Gasteiger charge is -2.21. The first-order valence-corrected chi connectivity index (χ1v) is 11.0. The van der Waals surface area contributed by atoms with E-state index in [0.29, 0.717) is 17.8 Å². The third kappa shape index (κ3) is 3.34. The molecule has 1 fully saturated rings. The standard InChI is InChI=1S/C26H29N3O/c1-17-15-19(9-11-22(17)26(2,3)4)24-27-25(30-28-24)20-10-12-23-18(16-20)13-14-29(23)21-7-5-6-8-21/h9-16,21H,5-8H2,1-4H3. The van der Waals surface area contributed by atoms with Crippen LogP contribution in [0, 0.1) is 6.92 Å². The van der Waals surface area contributed by atoms with Crippen molar-refractivity contribution in [1.82, 2.24) is 14.7 Å². The summed E-state index contributed by atoms with van der Waals surface area (Å²) in [5.41, 5.74) is 5.96. The molecule has 0 aliphatic heterocycles. The number of aromatic nitrogens is 3. The Bertz CT molecular complexity index is 1200. The zero-order valence-electron chi connectivity index (χ0n) is 18.3. The van der Waals surface area contributed by atoms with Gasteiger partial charge in [-0.2, -0.15) is 4.98 Å². The van der Waals surface area contributed by atoms with Crippen LogP contribution >= 0.6 is 0 Å². The molecule has 0 N–H and O–H groups in total. The van der Waals surface area contributed by atoms with Crippen molar-refractivity contribution >= 4 is 10.9 Å². The molecule has 5 rings (SSSR count). The predicted octanol–water partition coefficient (Wildman–Crippen LogP) is 7.08. The molecule has 4 heteroatoms. The summed E-state index contributed by atoms with van der Waals surface area (Å²) in [5.74, 6) is 1.20. The molecular weight excluding hydrogens is 370 g/mol. The Labute approximate surface area is 177 Å². The van der Waals surface area contributed by atoms with Gasteiger partial charge in [0.2, 0.25) is 5.82 Å². The number of rotatable bonds is 3. The number of hydrogen-bond donors (Lipinski definition) is 0. The van der Waals surface area contributed by atoms with E-state index in [2.05, 4.69) is 86.1 Å². The van der Waals surface area contributed by atoms with Gasteiger partial charge in [0, 0.05) is 34.3 Å². The summed E-state index contributed by atoms with van der Waals surface area (Å²) in [6, 6.07) is 15.7. The highest BCUT2D eigenvalue weighted by molar-refractivity contribution is 5.84. The number of aryl methyl sites for hydroxylation is 1. The van der Waals surface area contributed by atoms with E-state index in [4.69, 9.17) is 9.51 Å². The average Bonchev–Trinajstić information content (AvgIpc) is 3.45. The normalized spacial score (nSPS) is 15.3. The van der Waals surface area contributed by atoms with E-state index in [1.165, 1.54) is 47.7 Å². The van der Waals surface area contributed by atoms with Crippen molar-refractivity contribution in [2.24, 2.45) is 0 Å². The number of fused-ring (bicyclic) bond motifs is 1. The highest BCUT2D eigenvalue weighted by atomic mass is 16.5. The monoisotopic (exact) mass is 399 g/mol. The lowest BCUT2D eigenvalue weighted by molar-refractivity contribution is 0.432. The quantitative estimate of drug-likeness (QED) is 0.370. The van der Waals surface area contributed by atoms with Gasteiger partial charge in [-0.25, -0.2) is 0 Å². The minimum Gasteiger partial charge on any atom is -0.344 e. The van der Waals surface area contributed by atoms with Crippen LogP contribution in [0.15, 0.2) is 53.2 Å². The maximum Gasteiger partial charge on any atom is 0.258 e. The zero-order chi connectivity index (χ0) is 20.9. The molecule has 2 heterocycles. The second-order valence-electron chi connectivity index (χ2n) is 9.64. The van der Waals surface area contributed by atoms with Crippen LogP contribution < -0.4 is 0 Å². The van der Waals surface area contributed by atoms with Crippen LogP contribution in [-0.2, 0) is 5.41 Å². The molecule has 0 amide bonds. The van der Waals surface area contributed by atoms with Gasteiger partial charge >= 0.3 is 0 Å². The van der Waals surface area contributed by atoms with Crippen LogP contribution in [0.5, 0.6) is 0 Å². The highest BCUT2D eigenvalue weighted by Crippen LogP contribution is 2.34. The Kier molecular flexibility index (Phi) is 4.53. The van der Waals surface area contributed by atoms with Crippen molar-refractivity contribution in [1.29, 1.82) is 0 Å². The molecule has 30 heavy (non-hydrogen) atoms. The van der Waals surface area contributed by atoms with Crippen molar-refractivity contribution in [3.05, 3.63) is 59.8 Å². The molecule has 0 radical (unpaired) electrons. The first-order chi connectivity index (χ1) is 14.4.